The first-order valence-corrected chi connectivity index (χ1v) is 16.3. The van der Waals surface area contributed by atoms with E-state index in [0.717, 1.165) is 44.6 Å². The summed E-state index contributed by atoms with van der Waals surface area (Å²) < 4.78 is 47.2. The van der Waals surface area contributed by atoms with E-state index in [9.17, 15) is 16.8 Å². The zero-order chi connectivity index (χ0) is 28.6. The maximum absolute atomic E-state index is 10.8. The zero-order valence-corrected chi connectivity index (χ0v) is 25.4. The summed E-state index contributed by atoms with van der Waals surface area (Å²) in [5.41, 5.74) is 0. The van der Waals surface area contributed by atoms with E-state index in [0.29, 0.717) is 30.1 Å². The average Bonchev–Trinajstić information content (AvgIpc) is 2.90. The number of hydrogen-bond donors (Lipinski definition) is 5. The van der Waals surface area contributed by atoms with E-state index in [-0.39, 0.29) is 12.4 Å². The van der Waals surface area contributed by atoms with Crippen molar-refractivity contribution in [3.63, 3.8) is 0 Å². The Morgan fingerprint density at radius 1 is 0.850 bits per heavy atom. The number of rotatable bonds is 9. The van der Waals surface area contributed by atoms with E-state index >= 15 is 0 Å². The van der Waals surface area contributed by atoms with Gasteiger partial charge in [0.05, 0.1) is 13.1 Å². The molecule has 0 unspecified atom stereocenters. The molecule has 228 valence electrons. The highest BCUT2D eigenvalue weighted by Crippen LogP contribution is 2.23. The predicted molar refractivity (Wildman–Crippen MR) is 150 cm³/mol. The molecule has 0 radical (unpaired) electrons. The third-order valence-electron chi connectivity index (χ3n) is 6.32. The Balaban J connectivity index is 0.000000329. The standard InChI is InChI=1S/C11H19N5O2S.C7H17N3O2S.C4H3ClN2.ClH/c12-19(17,18)15-6-1-10-3-7-16(8-4-10)11-2-5-13-9-14-11;8-13(11,12)10-6-3-7-1-4-9-5-2-7;5-4-1-2-6-3-7-4;/h2,5,9-10,15H,1,3-4,6-8H2,(H2,12,17,18);7,9-10H,1-6H2,(H2,8,11,12);1-3H;1H. The molecule has 4 rings (SSSR count). The van der Waals surface area contributed by atoms with E-state index in [1.807, 2.05) is 6.07 Å². The lowest BCUT2D eigenvalue weighted by molar-refractivity contribution is -0.664. The highest BCUT2D eigenvalue weighted by molar-refractivity contribution is 7.87. The van der Waals surface area contributed by atoms with Gasteiger partial charge in [0.15, 0.2) is 0 Å². The molecule has 8 N–H and O–H groups in total. The summed E-state index contributed by atoms with van der Waals surface area (Å²) in [5, 5.41) is 12.5. The molecule has 0 atom stereocenters. The van der Waals surface area contributed by atoms with Gasteiger partial charge in [-0.3, -0.25) is 0 Å². The third kappa shape index (κ3) is 17.8. The summed E-state index contributed by atoms with van der Waals surface area (Å²) in [5.74, 6) is 2.16. The van der Waals surface area contributed by atoms with E-state index in [2.05, 4.69) is 39.6 Å². The first-order chi connectivity index (χ1) is 18.5. The van der Waals surface area contributed by atoms with Gasteiger partial charge >= 0.3 is 0 Å². The van der Waals surface area contributed by atoms with Crippen LogP contribution in [-0.2, 0) is 20.4 Å². The Morgan fingerprint density at radius 3 is 1.75 bits per heavy atom. The van der Waals surface area contributed by atoms with Gasteiger partial charge in [-0.25, -0.2) is 39.7 Å². The summed E-state index contributed by atoms with van der Waals surface area (Å²) in [7, 11) is -7.04. The Morgan fingerprint density at radius 2 is 1.35 bits per heavy atom. The Labute approximate surface area is 248 Å². The number of piperidine rings is 2. The number of aromatic nitrogens is 4. The quantitative estimate of drug-likeness (QED) is 0.169. The van der Waals surface area contributed by atoms with Gasteiger partial charge in [0.2, 0.25) is 0 Å². The van der Waals surface area contributed by atoms with Crippen molar-refractivity contribution in [2.45, 2.75) is 38.5 Å². The van der Waals surface area contributed by atoms with Crippen LogP contribution in [0, 0.1) is 11.8 Å². The molecule has 0 bridgehead atoms. The maximum atomic E-state index is 10.8. The monoisotopic (exact) mass is 642 g/mol. The van der Waals surface area contributed by atoms with Crippen molar-refractivity contribution in [3.05, 3.63) is 42.3 Å². The molecule has 2 saturated heterocycles. The fraction of sp³-hybridized carbons (Fsp3) is 0.636. The third-order valence-corrected chi connectivity index (χ3v) is 7.76. The summed E-state index contributed by atoms with van der Waals surface area (Å²) >= 11 is 5.39. The van der Waals surface area contributed by atoms with Crippen LogP contribution in [-0.4, -0.2) is 76.0 Å². The van der Waals surface area contributed by atoms with Gasteiger partial charge in [-0.2, -0.15) is 16.8 Å². The molecule has 0 aliphatic carbocycles. The minimum Gasteiger partial charge on any atom is -1.00 e. The number of halogens is 2. The molecule has 2 aliphatic rings. The predicted octanol–water partition coefficient (Wildman–Crippen LogP) is -3.85. The second-order valence-corrected chi connectivity index (χ2v) is 12.4. The molecule has 18 heteroatoms. The molecule has 40 heavy (non-hydrogen) atoms. The first kappa shape index (κ1) is 36.3. The lowest BCUT2D eigenvalue weighted by Crippen LogP contribution is -3.00. The van der Waals surface area contributed by atoms with Crippen molar-refractivity contribution in [2.24, 2.45) is 22.1 Å². The van der Waals surface area contributed by atoms with Crippen LogP contribution in [0.3, 0.4) is 0 Å². The molecule has 2 aromatic rings. The van der Waals surface area contributed by atoms with Crippen molar-refractivity contribution < 1.29 is 34.6 Å². The molecule has 2 aliphatic heterocycles. The van der Waals surface area contributed by atoms with Gasteiger partial charge < -0.3 is 22.6 Å². The Hall–Kier alpha value is -1.76. The number of anilines is 1. The number of quaternary nitrogens is 1. The fourth-order valence-electron chi connectivity index (χ4n) is 4.29. The first-order valence-electron chi connectivity index (χ1n) is 12.8. The second-order valence-electron chi connectivity index (χ2n) is 9.30. The number of hydrogen-bond acceptors (Lipinski definition) is 9. The smallest absolute Gasteiger partial charge is 0.274 e. The van der Waals surface area contributed by atoms with Crippen LogP contribution >= 0.6 is 11.6 Å². The molecular weight excluding hydrogens is 603 g/mol. The number of nitrogens with one attached hydrogen (secondary N) is 2. The molecule has 14 nitrogen and oxygen atoms in total. The maximum Gasteiger partial charge on any atom is 0.274 e. The van der Waals surface area contributed by atoms with Crippen LogP contribution in [0.15, 0.2) is 37.2 Å². The van der Waals surface area contributed by atoms with Crippen molar-refractivity contribution in [2.75, 3.05) is 44.2 Å². The summed E-state index contributed by atoms with van der Waals surface area (Å²) in [6, 6.07) is 3.53. The molecule has 2 fully saturated rings. The van der Waals surface area contributed by atoms with Crippen LogP contribution in [0.1, 0.15) is 38.5 Å². The van der Waals surface area contributed by atoms with Crippen LogP contribution in [0.5, 0.6) is 0 Å². The summed E-state index contributed by atoms with van der Waals surface area (Å²) in [6.07, 6.45) is 12.5. The molecule has 0 spiro atoms. The van der Waals surface area contributed by atoms with Crippen molar-refractivity contribution in [1.29, 1.82) is 0 Å². The van der Waals surface area contributed by atoms with E-state index in [1.165, 1.54) is 32.3 Å². The molecule has 0 amide bonds. The van der Waals surface area contributed by atoms with Crippen molar-refractivity contribution in [3.8, 4) is 0 Å². The summed E-state index contributed by atoms with van der Waals surface area (Å²) in [4.78, 5) is 17.6. The molecule has 2 aromatic heterocycles. The molecule has 4 heterocycles. The van der Waals surface area contributed by atoms with E-state index in [4.69, 9.17) is 21.9 Å². The molecule has 0 saturated carbocycles. The van der Waals surface area contributed by atoms with Crippen LogP contribution in [0.2, 0.25) is 5.15 Å². The lowest BCUT2D eigenvalue weighted by atomic mass is 9.94. The zero-order valence-electron chi connectivity index (χ0n) is 22.3. The van der Waals surface area contributed by atoms with Crippen molar-refractivity contribution in [1.82, 2.24) is 29.4 Å². The Bertz CT molecular complexity index is 1140. The van der Waals surface area contributed by atoms with Crippen LogP contribution in [0.25, 0.3) is 0 Å². The fourth-order valence-corrected chi connectivity index (χ4v) is 5.20. The minimum atomic E-state index is -3.56. The van der Waals surface area contributed by atoms with Gasteiger partial charge in [0.1, 0.15) is 23.6 Å². The highest BCUT2D eigenvalue weighted by atomic mass is 35.5. The van der Waals surface area contributed by atoms with E-state index < -0.39 is 20.4 Å². The Kier molecular flexibility index (Phi) is 17.6. The largest absolute Gasteiger partial charge is 1.00 e. The van der Waals surface area contributed by atoms with Gasteiger partial charge in [0, 0.05) is 38.6 Å². The lowest BCUT2D eigenvalue weighted by Gasteiger charge is -2.32. The summed E-state index contributed by atoms with van der Waals surface area (Å²) in [6.45, 7) is 5.11. The van der Waals surface area contributed by atoms with Gasteiger partial charge in [0.25, 0.3) is 20.4 Å². The van der Waals surface area contributed by atoms with Gasteiger partial charge in [-0.1, -0.05) is 11.6 Å². The normalized spacial score (nSPS) is 16.5. The molecular formula is C22H40Cl2N10O4S2. The van der Waals surface area contributed by atoms with E-state index in [1.54, 1.807) is 24.8 Å². The van der Waals surface area contributed by atoms with Crippen LogP contribution < -0.4 is 42.3 Å². The van der Waals surface area contributed by atoms with Gasteiger partial charge in [-0.15, -0.1) is 0 Å². The topological polar surface area (TPSA) is 216 Å². The van der Waals surface area contributed by atoms with Gasteiger partial charge in [-0.05, 0) is 62.5 Å². The SMILES string of the molecule is Clc1ccncn1.NS(=O)(=O)NCCC1CCN(c2ccncn2)CC1.NS(=O)(=O)NCCC1CC[NH2+]CC1.[Cl-]. The minimum absolute atomic E-state index is 0. The second kappa shape index (κ2) is 19.4. The van der Waals surface area contributed by atoms with Crippen molar-refractivity contribution >= 4 is 37.8 Å². The highest BCUT2D eigenvalue weighted by Gasteiger charge is 2.20. The number of nitrogens with zero attached hydrogens (tertiary/aromatic N) is 5. The van der Waals surface area contributed by atoms with Crippen LogP contribution in [0.4, 0.5) is 5.82 Å². The average molecular weight is 644 g/mol. The molecule has 0 aromatic carbocycles. The number of nitrogens with two attached hydrogens (primary N) is 3.